The van der Waals surface area contributed by atoms with E-state index in [1.807, 2.05) is 0 Å². The zero-order valence-corrected chi connectivity index (χ0v) is 12.9. The molecule has 2 rings (SSSR count). The van der Waals surface area contributed by atoms with Crippen molar-refractivity contribution in [2.45, 2.75) is 0 Å². The Morgan fingerprint density at radius 3 is 2.41 bits per heavy atom. The van der Waals surface area contributed by atoms with Crippen molar-refractivity contribution in [1.29, 1.82) is 0 Å². The van der Waals surface area contributed by atoms with E-state index < -0.39 is 21.9 Å². The first-order valence-corrected chi connectivity index (χ1v) is 8.60. The van der Waals surface area contributed by atoms with Gasteiger partial charge in [-0.15, -0.1) is 11.3 Å². The van der Waals surface area contributed by atoms with Crippen LogP contribution in [0.25, 0.3) is 0 Å². The summed E-state index contributed by atoms with van der Waals surface area (Å²) < 4.78 is 24.3. The summed E-state index contributed by atoms with van der Waals surface area (Å²) in [4.78, 5) is 26.5. The molecule has 1 aromatic heterocycles. The molecule has 0 saturated carbocycles. The largest absolute Gasteiger partial charge is 0.478 e. The van der Waals surface area contributed by atoms with E-state index in [0.717, 1.165) is 17.6 Å². The van der Waals surface area contributed by atoms with Gasteiger partial charge in [0, 0.05) is 11.1 Å². The number of carboxylic acid groups (broad SMARTS) is 1. The first kappa shape index (κ1) is 15.9. The highest BCUT2D eigenvalue weighted by atomic mass is 32.2. The second-order valence-corrected chi connectivity index (χ2v) is 6.86. The minimum Gasteiger partial charge on any atom is -0.478 e. The molecule has 1 heterocycles. The highest BCUT2D eigenvalue weighted by Crippen LogP contribution is 2.18. The van der Waals surface area contributed by atoms with Crippen molar-refractivity contribution in [3.8, 4) is 0 Å². The molecule has 1 amide bonds. The Balaban J connectivity index is 2.07. The Kier molecular flexibility index (Phi) is 4.43. The predicted octanol–water partition coefficient (Wildman–Crippen LogP) is 1.47. The van der Waals surface area contributed by atoms with Crippen LogP contribution in [0.3, 0.4) is 0 Å². The number of carboxylic acids is 1. The topological polar surface area (TPSA) is 125 Å². The number of sulfonamides is 1. The number of carbonyl (C=O) groups excluding carboxylic acids is 1. The van der Waals surface area contributed by atoms with E-state index in [1.165, 1.54) is 29.6 Å². The molecule has 116 valence electrons. The number of amides is 1. The van der Waals surface area contributed by atoms with E-state index in [2.05, 4.69) is 15.0 Å². The third-order valence-corrected chi connectivity index (χ3v) is 3.85. The third-order valence-electron chi connectivity index (χ3n) is 2.40. The van der Waals surface area contributed by atoms with Crippen LogP contribution < -0.4 is 10.0 Å². The summed E-state index contributed by atoms with van der Waals surface area (Å²) >= 11 is 0.982. The van der Waals surface area contributed by atoms with Gasteiger partial charge in [0.25, 0.3) is 5.91 Å². The molecule has 0 fully saturated rings. The molecule has 0 radical (unpaired) electrons. The summed E-state index contributed by atoms with van der Waals surface area (Å²) in [5.41, 5.74) is 0.561. The fraction of sp³-hybridized carbons (Fsp3) is 0.0833. The Bertz CT molecular complexity index is 812. The second kappa shape index (κ2) is 6.12. The molecule has 0 aliphatic carbocycles. The van der Waals surface area contributed by atoms with Crippen molar-refractivity contribution in [3.63, 3.8) is 0 Å². The normalized spacial score (nSPS) is 11.0. The molecule has 0 spiro atoms. The van der Waals surface area contributed by atoms with E-state index in [0.29, 0.717) is 5.69 Å². The Labute approximate surface area is 129 Å². The lowest BCUT2D eigenvalue weighted by Gasteiger charge is -2.03. The first-order chi connectivity index (χ1) is 10.2. The number of aromatic nitrogens is 1. The van der Waals surface area contributed by atoms with Crippen LogP contribution in [0.1, 0.15) is 20.8 Å². The van der Waals surface area contributed by atoms with Gasteiger partial charge in [-0.2, -0.15) is 0 Å². The van der Waals surface area contributed by atoms with Crippen LogP contribution in [0.15, 0.2) is 29.6 Å². The Morgan fingerprint density at radius 1 is 1.23 bits per heavy atom. The molecule has 2 aromatic rings. The summed E-state index contributed by atoms with van der Waals surface area (Å²) in [7, 11) is -3.45. The van der Waals surface area contributed by atoms with Crippen molar-refractivity contribution < 1.29 is 23.1 Å². The molecule has 10 heteroatoms. The van der Waals surface area contributed by atoms with E-state index in [-0.39, 0.29) is 16.4 Å². The van der Waals surface area contributed by atoms with Gasteiger partial charge in [0.05, 0.1) is 11.8 Å². The van der Waals surface area contributed by atoms with E-state index in [9.17, 15) is 18.0 Å². The average molecular weight is 341 g/mol. The predicted molar refractivity (Wildman–Crippen MR) is 81.9 cm³/mol. The van der Waals surface area contributed by atoms with Gasteiger partial charge in [-0.05, 0) is 24.3 Å². The molecule has 0 aliphatic rings. The number of nitrogens with one attached hydrogen (secondary N) is 2. The van der Waals surface area contributed by atoms with Gasteiger partial charge < -0.3 is 10.4 Å². The molecule has 0 saturated heterocycles. The van der Waals surface area contributed by atoms with Crippen molar-refractivity contribution in [2.24, 2.45) is 0 Å². The summed E-state index contributed by atoms with van der Waals surface area (Å²) in [5.74, 6) is -1.59. The van der Waals surface area contributed by atoms with Gasteiger partial charge in [0.15, 0.2) is 5.13 Å². The van der Waals surface area contributed by atoms with E-state index >= 15 is 0 Å². The molecule has 1 aromatic carbocycles. The van der Waals surface area contributed by atoms with Crippen molar-refractivity contribution in [3.05, 3.63) is 40.9 Å². The lowest BCUT2D eigenvalue weighted by molar-refractivity contribution is 0.0696. The van der Waals surface area contributed by atoms with Crippen LogP contribution in [-0.2, 0) is 10.0 Å². The first-order valence-electron chi connectivity index (χ1n) is 5.82. The van der Waals surface area contributed by atoms with Crippen LogP contribution in [-0.4, -0.2) is 36.6 Å². The molecule has 0 atom stereocenters. The maximum absolute atomic E-state index is 12.0. The maximum atomic E-state index is 12.0. The number of rotatable bonds is 5. The quantitative estimate of drug-likeness (QED) is 0.756. The highest BCUT2D eigenvalue weighted by Gasteiger charge is 2.13. The van der Waals surface area contributed by atoms with Gasteiger partial charge in [0.1, 0.15) is 5.69 Å². The molecular formula is C12H11N3O5S2. The number of anilines is 2. The zero-order chi connectivity index (χ0) is 16.3. The molecule has 3 N–H and O–H groups in total. The minimum atomic E-state index is -3.45. The fourth-order valence-electron chi connectivity index (χ4n) is 1.47. The number of hydrogen-bond donors (Lipinski definition) is 3. The van der Waals surface area contributed by atoms with Crippen LogP contribution in [0.2, 0.25) is 0 Å². The second-order valence-electron chi connectivity index (χ2n) is 4.25. The van der Waals surface area contributed by atoms with Crippen LogP contribution >= 0.6 is 11.3 Å². The smallest absolute Gasteiger partial charge is 0.335 e. The van der Waals surface area contributed by atoms with Gasteiger partial charge in [-0.25, -0.2) is 18.2 Å². The lowest BCUT2D eigenvalue weighted by atomic mass is 10.2. The minimum absolute atomic E-state index is 0.0541. The number of benzene rings is 1. The lowest BCUT2D eigenvalue weighted by Crippen LogP contribution is -2.13. The maximum Gasteiger partial charge on any atom is 0.335 e. The number of thiazole rings is 1. The fourth-order valence-corrected chi connectivity index (χ4v) is 3.02. The summed E-state index contributed by atoms with van der Waals surface area (Å²) in [6, 6.07) is 5.61. The molecular weight excluding hydrogens is 330 g/mol. The summed E-state index contributed by atoms with van der Waals surface area (Å²) in [6.07, 6.45) is 0.984. The van der Waals surface area contributed by atoms with Crippen molar-refractivity contribution in [2.75, 3.05) is 16.3 Å². The van der Waals surface area contributed by atoms with Crippen molar-refractivity contribution >= 4 is 44.1 Å². The van der Waals surface area contributed by atoms with Crippen LogP contribution in [0.5, 0.6) is 0 Å². The molecule has 0 aliphatic heterocycles. The monoisotopic (exact) mass is 341 g/mol. The van der Waals surface area contributed by atoms with E-state index in [4.69, 9.17) is 5.11 Å². The van der Waals surface area contributed by atoms with Gasteiger partial charge in [-0.1, -0.05) is 0 Å². The SMILES string of the molecule is CS(=O)(=O)Nc1nc(C(=O)Nc2ccc(C(=O)O)cc2)cs1. The summed E-state index contributed by atoms with van der Waals surface area (Å²) in [5, 5.41) is 12.8. The standard InChI is InChI=1S/C12H11N3O5S2/c1-22(19,20)15-12-14-9(6-21-12)10(16)13-8-4-2-7(3-5-8)11(17)18/h2-6H,1H3,(H,13,16)(H,14,15)(H,17,18). The summed E-state index contributed by atoms with van der Waals surface area (Å²) in [6.45, 7) is 0. The Hall–Kier alpha value is -2.46. The Morgan fingerprint density at radius 2 is 1.86 bits per heavy atom. The highest BCUT2D eigenvalue weighted by molar-refractivity contribution is 7.92. The molecule has 0 unspecified atom stereocenters. The zero-order valence-electron chi connectivity index (χ0n) is 11.2. The van der Waals surface area contributed by atoms with Crippen LogP contribution in [0, 0.1) is 0 Å². The number of carbonyl (C=O) groups is 2. The number of hydrogen-bond acceptors (Lipinski definition) is 6. The van der Waals surface area contributed by atoms with Gasteiger partial charge in [0.2, 0.25) is 10.0 Å². The van der Waals surface area contributed by atoms with Crippen LogP contribution in [0.4, 0.5) is 10.8 Å². The number of aromatic carboxylic acids is 1. The average Bonchev–Trinajstić information content (AvgIpc) is 2.85. The van der Waals surface area contributed by atoms with Gasteiger partial charge >= 0.3 is 5.97 Å². The molecule has 22 heavy (non-hydrogen) atoms. The third kappa shape index (κ3) is 4.27. The van der Waals surface area contributed by atoms with E-state index in [1.54, 1.807) is 0 Å². The molecule has 0 bridgehead atoms. The number of nitrogens with zero attached hydrogens (tertiary/aromatic N) is 1. The van der Waals surface area contributed by atoms with Crippen molar-refractivity contribution in [1.82, 2.24) is 4.98 Å². The van der Waals surface area contributed by atoms with Gasteiger partial charge in [-0.3, -0.25) is 9.52 Å². The molecule has 8 nitrogen and oxygen atoms in total.